The molecule has 1 aromatic rings. The van der Waals surface area contributed by atoms with Crippen LogP contribution in [0.15, 0.2) is 12.1 Å². The zero-order chi connectivity index (χ0) is 28.7. The number of hydrogen-bond acceptors (Lipinski definition) is 2. The van der Waals surface area contributed by atoms with Crippen molar-refractivity contribution in [2.75, 3.05) is 6.54 Å². The van der Waals surface area contributed by atoms with Crippen molar-refractivity contribution in [2.24, 2.45) is 23.7 Å². The normalized spacial score (nSPS) is 21.7. The molecule has 2 unspecified atom stereocenters. The molecular weight excluding hydrogens is 506 g/mol. The topological polar surface area (TPSA) is 58.2 Å². The van der Waals surface area contributed by atoms with E-state index < -0.39 is 17.7 Å². The number of benzene rings is 1. The lowest BCUT2D eigenvalue weighted by atomic mass is 9.90. The first-order chi connectivity index (χ1) is 18.3. The fourth-order valence-corrected chi connectivity index (χ4v) is 5.90. The molecule has 7 heteroatoms. The van der Waals surface area contributed by atoms with Crippen LogP contribution in [-0.4, -0.2) is 18.4 Å². The molecule has 3 fully saturated rings. The van der Waals surface area contributed by atoms with Gasteiger partial charge in [-0.1, -0.05) is 84.7 Å². The third-order valence-corrected chi connectivity index (χ3v) is 8.05. The number of halogens is 3. The Morgan fingerprint density at radius 2 is 1.53 bits per heavy atom. The van der Waals surface area contributed by atoms with Crippen molar-refractivity contribution in [1.82, 2.24) is 10.6 Å². The van der Waals surface area contributed by atoms with Crippen molar-refractivity contribution in [2.45, 2.75) is 118 Å². The highest BCUT2D eigenvalue weighted by Crippen LogP contribution is 2.40. The van der Waals surface area contributed by atoms with E-state index in [2.05, 4.69) is 17.6 Å². The summed E-state index contributed by atoms with van der Waals surface area (Å²) in [5.41, 5.74) is -0.124. The second kappa shape index (κ2) is 18.6. The van der Waals surface area contributed by atoms with E-state index in [-0.39, 0.29) is 40.2 Å². The summed E-state index contributed by atoms with van der Waals surface area (Å²) in [6.07, 6.45) is 11.8. The number of rotatable bonds is 6. The van der Waals surface area contributed by atoms with Gasteiger partial charge in [-0.3, -0.25) is 9.59 Å². The third-order valence-electron chi connectivity index (χ3n) is 7.75. The van der Waals surface area contributed by atoms with Crippen LogP contribution in [-0.2, 0) is 9.59 Å². The van der Waals surface area contributed by atoms with E-state index >= 15 is 0 Å². The lowest BCUT2D eigenvalue weighted by molar-refractivity contribution is -0.126. The van der Waals surface area contributed by atoms with E-state index in [1.54, 1.807) is 0 Å². The van der Waals surface area contributed by atoms with Crippen LogP contribution in [0.25, 0.3) is 0 Å². The van der Waals surface area contributed by atoms with Crippen LogP contribution < -0.4 is 10.6 Å². The molecule has 38 heavy (non-hydrogen) atoms. The minimum atomic E-state index is -0.783. The minimum absolute atomic E-state index is 0.00277. The standard InChI is InChI=1S/C21H27ClF2N2O2.C6H12.2C2H6/c1-12(27)25-11-13-6-7-15(10-13)21(28)26-20(14-4-2-3-5-14)18-17(23)9-8-16(22)19(18)24;1-6-4-2-3-5-6;2*1-2/h8-9,13-15,20H,2-7,10-11H2,1H3,(H,25,27)(H,26,28);6H,2-5H2,1H3;2*1-2H3/t13?,15-,20?;;;/m0.../s1. The first-order valence-corrected chi connectivity index (χ1v) is 15.3. The highest BCUT2D eigenvalue weighted by atomic mass is 35.5. The number of nitrogens with one attached hydrogen (secondary N) is 2. The Hall–Kier alpha value is -1.69. The largest absolute Gasteiger partial charge is 0.356 e. The van der Waals surface area contributed by atoms with Crippen molar-refractivity contribution in [1.29, 1.82) is 0 Å². The molecule has 0 aliphatic heterocycles. The van der Waals surface area contributed by atoms with Crippen molar-refractivity contribution in [3.8, 4) is 0 Å². The molecule has 0 saturated heterocycles. The Balaban J connectivity index is 0.000000616. The van der Waals surface area contributed by atoms with Gasteiger partial charge >= 0.3 is 0 Å². The Kier molecular flexibility index (Phi) is 16.8. The van der Waals surface area contributed by atoms with E-state index in [0.29, 0.717) is 19.4 Å². The maximum atomic E-state index is 14.7. The number of carbonyl (C=O) groups is 2. The van der Waals surface area contributed by atoms with Crippen LogP contribution in [0.4, 0.5) is 8.78 Å². The van der Waals surface area contributed by atoms with Crippen LogP contribution in [0.3, 0.4) is 0 Å². The Morgan fingerprint density at radius 3 is 2.05 bits per heavy atom. The summed E-state index contributed by atoms with van der Waals surface area (Å²) in [7, 11) is 0. The van der Waals surface area contributed by atoms with E-state index in [4.69, 9.17) is 11.6 Å². The molecule has 3 aliphatic rings. The van der Waals surface area contributed by atoms with Crippen LogP contribution >= 0.6 is 11.6 Å². The summed E-state index contributed by atoms with van der Waals surface area (Å²) < 4.78 is 29.2. The number of hydrogen-bond donors (Lipinski definition) is 2. The molecule has 3 saturated carbocycles. The molecular formula is C31H51ClF2N2O2. The minimum Gasteiger partial charge on any atom is -0.356 e. The van der Waals surface area contributed by atoms with Crippen molar-refractivity contribution in [3.63, 3.8) is 0 Å². The summed E-state index contributed by atoms with van der Waals surface area (Å²) >= 11 is 5.89. The van der Waals surface area contributed by atoms with Gasteiger partial charge in [-0.25, -0.2) is 8.78 Å². The molecule has 0 bridgehead atoms. The molecule has 3 aliphatic carbocycles. The van der Waals surface area contributed by atoms with Crippen molar-refractivity contribution in [3.05, 3.63) is 34.4 Å². The van der Waals surface area contributed by atoms with Gasteiger partial charge in [-0.05, 0) is 62.0 Å². The van der Waals surface area contributed by atoms with Gasteiger partial charge in [0.15, 0.2) is 0 Å². The molecule has 3 atom stereocenters. The summed E-state index contributed by atoms with van der Waals surface area (Å²) in [6, 6.07) is 1.66. The zero-order valence-electron chi connectivity index (χ0n) is 24.5. The zero-order valence-corrected chi connectivity index (χ0v) is 25.2. The molecule has 0 heterocycles. The van der Waals surface area contributed by atoms with Crippen LogP contribution in [0.1, 0.15) is 124 Å². The first kappa shape index (κ1) is 34.3. The van der Waals surface area contributed by atoms with Crippen LogP contribution in [0.2, 0.25) is 5.02 Å². The summed E-state index contributed by atoms with van der Waals surface area (Å²) in [6.45, 7) is 12.4. The molecule has 2 amide bonds. The second-order valence-electron chi connectivity index (χ2n) is 10.5. The third kappa shape index (κ3) is 10.8. The van der Waals surface area contributed by atoms with E-state index in [0.717, 1.165) is 44.1 Å². The maximum Gasteiger partial charge on any atom is 0.223 e. The van der Waals surface area contributed by atoms with E-state index in [1.807, 2.05) is 27.7 Å². The molecule has 0 radical (unpaired) electrons. The summed E-state index contributed by atoms with van der Waals surface area (Å²) in [4.78, 5) is 24.0. The summed E-state index contributed by atoms with van der Waals surface area (Å²) in [5.74, 6) is -0.602. The van der Waals surface area contributed by atoms with Crippen molar-refractivity contribution >= 4 is 23.4 Å². The fourth-order valence-electron chi connectivity index (χ4n) is 5.73. The van der Waals surface area contributed by atoms with Gasteiger partial charge in [-0.15, -0.1) is 0 Å². The predicted molar refractivity (Wildman–Crippen MR) is 154 cm³/mol. The highest BCUT2D eigenvalue weighted by Gasteiger charge is 2.36. The Morgan fingerprint density at radius 1 is 0.947 bits per heavy atom. The first-order valence-electron chi connectivity index (χ1n) is 14.9. The van der Waals surface area contributed by atoms with E-state index in [1.165, 1.54) is 38.7 Å². The van der Waals surface area contributed by atoms with Crippen LogP contribution in [0, 0.1) is 35.3 Å². The molecule has 0 spiro atoms. The molecule has 0 aromatic heterocycles. The van der Waals surface area contributed by atoms with Crippen molar-refractivity contribution < 1.29 is 18.4 Å². The van der Waals surface area contributed by atoms with Crippen LogP contribution in [0.5, 0.6) is 0 Å². The van der Waals surface area contributed by atoms with E-state index in [9.17, 15) is 18.4 Å². The van der Waals surface area contributed by atoms with Gasteiger partial charge in [0.1, 0.15) is 11.6 Å². The fraction of sp³-hybridized carbons (Fsp3) is 0.742. The Labute approximate surface area is 235 Å². The van der Waals surface area contributed by atoms with Gasteiger partial charge < -0.3 is 10.6 Å². The molecule has 2 N–H and O–H groups in total. The maximum absolute atomic E-state index is 14.7. The number of carbonyl (C=O) groups excluding carboxylic acids is 2. The van der Waals surface area contributed by atoms with Gasteiger partial charge in [0.25, 0.3) is 0 Å². The lowest BCUT2D eigenvalue weighted by Crippen LogP contribution is -2.37. The van der Waals surface area contributed by atoms with Gasteiger partial charge in [0.05, 0.1) is 11.1 Å². The predicted octanol–water partition coefficient (Wildman–Crippen LogP) is 8.77. The lowest BCUT2D eigenvalue weighted by Gasteiger charge is -2.27. The smallest absolute Gasteiger partial charge is 0.223 e. The second-order valence-corrected chi connectivity index (χ2v) is 10.9. The molecule has 4 rings (SSSR count). The van der Waals surface area contributed by atoms with Gasteiger partial charge in [0, 0.05) is 24.9 Å². The molecule has 1 aromatic carbocycles. The molecule has 218 valence electrons. The van der Waals surface area contributed by atoms with Gasteiger partial charge in [0.2, 0.25) is 11.8 Å². The average molecular weight is 557 g/mol. The van der Waals surface area contributed by atoms with Gasteiger partial charge in [-0.2, -0.15) is 0 Å². The quantitative estimate of drug-likeness (QED) is 0.344. The highest BCUT2D eigenvalue weighted by molar-refractivity contribution is 6.30. The average Bonchev–Trinajstić information content (AvgIpc) is 3.71. The monoisotopic (exact) mass is 556 g/mol. The summed E-state index contributed by atoms with van der Waals surface area (Å²) in [5, 5.41) is 5.61. The molecule has 4 nitrogen and oxygen atoms in total. The number of amides is 2. The SMILES string of the molecule is CC.CC.CC(=O)NCC1CC[C@H](C(=O)NC(c2c(F)ccc(Cl)c2F)C2CCCC2)C1.CC1CCCC1. The Bertz CT molecular complexity index is 839.